The van der Waals surface area contributed by atoms with Crippen LogP contribution in [0.15, 0.2) is 12.3 Å². The molecule has 3 heteroatoms. The minimum absolute atomic E-state index is 0.682. The summed E-state index contributed by atoms with van der Waals surface area (Å²) < 4.78 is 0.808. The monoisotopic (exact) mass is 295 g/mol. The zero-order valence-electron chi connectivity index (χ0n) is 7.22. The van der Waals surface area contributed by atoms with E-state index in [1.807, 2.05) is 12.3 Å². The summed E-state index contributed by atoms with van der Waals surface area (Å²) in [6.45, 7) is 2.08. The zero-order valence-corrected chi connectivity index (χ0v) is 10.2. The molecule has 0 radical (unpaired) electrons. The molecule has 68 valence electrons. The molecule has 1 fully saturated rings. The van der Waals surface area contributed by atoms with Gasteiger partial charge in [-0.2, -0.15) is 0 Å². The van der Waals surface area contributed by atoms with E-state index in [-0.39, 0.29) is 0 Å². The fourth-order valence-corrected chi connectivity index (χ4v) is 2.02. The first-order chi connectivity index (χ1) is 5.74. The Morgan fingerprint density at radius 3 is 2.83 bits per heavy atom. The topological polar surface area (TPSA) is 12.0 Å². The number of thiocarbonyl (C=S) groups is 1. The van der Waals surface area contributed by atoms with E-state index in [0.29, 0.717) is 6.04 Å². The molecule has 0 bridgehead atoms. The van der Waals surface area contributed by atoms with E-state index >= 15 is 0 Å². The summed E-state index contributed by atoms with van der Waals surface area (Å²) in [5.74, 6) is 0. The summed E-state index contributed by atoms with van der Waals surface area (Å²) in [4.78, 5) is 1.02. The Hall–Kier alpha value is 0.360. The fraction of sp³-hybridized carbons (Fsp3) is 0.667. The van der Waals surface area contributed by atoms with Crippen molar-refractivity contribution in [1.29, 1.82) is 0 Å². The van der Waals surface area contributed by atoms with Crippen LogP contribution in [0.4, 0.5) is 0 Å². The number of hydrogen-bond acceptors (Lipinski definition) is 2. The van der Waals surface area contributed by atoms with Crippen molar-refractivity contribution in [2.75, 3.05) is 0 Å². The molecule has 1 aliphatic rings. The van der Waals surface area contributed by atoms with E-state index in [4.69, 9.17) is 12.2 Å². The molecule has 0 heterocycles. The molecule has 0 aliphatic heterocycles. The van der Waals surface area contributed by atoms with Crippen LogP contribution in [0.1, 0.15) is 26.2 Å². The van der Waals surface area contributed by atoms with Gasteiger partial charge in [0.05, 0.1) is 0 Å². The van der Waals surface area contributed by atoms with Gasteiger partial charge in [-0.3, -0.25) is 0 Å². The molecule has 12 heavy (non-hydrogen) atoms. The highest BCUT2D eigenvalue weighted by molar-refractivity contribution is 14.1. The van der Waals surface area contributed by atoms with Gasteiger partial charge >= 0.3 is 0 Å². The fourth-order valence-electron chi connectivity index (χ4n) is 1.03. The van der Waals surface area contributed by atoms with Gasteiger partial charge in [0.2, 0.25) is 0 Å². The molecule has 0 amide bonds. The average Bonchev–Trinajstić information content (AvgIpc) is 2.09. The summed E-state index contributed by atoms with van der Waals surface area (Å²) >= 11 is 7.55. The Kier molecular flexibility index (Phi) is 4.50. The summed E-state index contributed by atoms with van der Waals surface area (Å²) in [6.07, 6.45) is 7.62. The van der Waals surface area contributed by atoms with Crippen LogP contribution in [-0.4, -0.2) is 14.8 Å². The Labute approximate surface area is 93.1 Å². The molecule has 1 N–H and O–H groups in total. The summed E-state index contributed by atoms with van der Waals surface area (Å²) in [7, 11) is 0. The average molecular weight is 295 g/mol. The van der Waals surface area contributed by atoms with Crippen molar-refractivity contribution in [1.82, 2.24) is 5.32 Å². The van der Waals surface area contributed by atoms with E-state index < -0.39 is 0 Å². The van der Waals surface area contributed by atoms with Crippen LogP contribution in [0.25, 0.3) is 0 Å². The third kappa shape index (κ3) is 3.01. The van der Waals surface area contributed by atoms with Crippen molar-refractivity contribution in [2.24, 2.45) is 0 Å². The predicted molar refractivity (Wildman–Crippen MR) is 66.0 cm³/mol. The second-order valence-corrected chi connectivity index (χ2v) is 5.14. The molecule has 1 unspecified atom stereocenters. The van der Waals surface area contributed by atoms with Gasteiger partial charge in [0, 0.05) is 14.8 Å². The van der Waals surface area contributed by atoms with Gasteiger partial charge in [-0.15, -0.1) is 0 Å². The molecule has 0 spiro atoms. The predicted octanol–water partition coefficient (Wildman–Crippen LogP) is 2.84. The maximum atomic E-state index is 5.06. The molecule has 0 aromatic carbocycles. The van der Waals surface area contributed by atoms with Crippen molar-refractivity contribution in [3.05, 3.63) is 12.3 Å². The molecular formula is C9H14INS. The van der Waals surface area contributed by atoms with Crippen molar-refractivity contribution in [3.8, 4) is 0 Å². The van der Waals surface area contributed by atoms with Crippen molar-refractivity contribution < 1.29 is 0 Å². The summed E-state index contributed by atoms with van der Waals surface area (Å²) in [5, 5.41) is 3.36. The first kappa shape index (κ1) is 10.4. The van der Waals surface area contributed by atoms with E-state index in [2.05, 4.69) is 34.8 Å². The van der Waals surface area contributed by atoms with Crippen LogP contribution in [0, 0.1) is 0 Å². The molecule has 1 saturated carbocycles. The zero-order chi connectivity index (χ0) is 8.97. The quantitative estimate of drug-likeness (QED) is 0.370. The Bertz CT molecular complexity index is 191. The van der Waals surface area contributed by atoms with Gasteiger partial charge in [0.25, 0.3) is 0 Å². The van der Waals surface area contributed by atoms with E-state index in [1.165, 1.54) is 12.8 Å². The Morgan fingerprint density at radius 1 is 1.67 bits per heavy atom. The van der Waals surface area contributed by atoms with Crippen LogP contribution < -0.4 is 5.32 Å². The number of rotatable bonds is 4. The minimum atomic E-state index is 0.682. The highest BCUT2D eigenvalue weighted by atomic mass is 127. The smallest absolute Gasteiger partial charge is 0.0373 e. The van der Waals surface area contributed by atoms with Gasteiger partial charge in [-0.25, -0.2) is 0 Å². The highest BCUT2D eigenvalue weighted by Gasteiger charge is 2.26. The third-order valence-electron chi connectivity index (χ3n) is 2.12. The van der Waals surface area contributed by atoms with Gasteiger partial charge in [-0.05, 0) is 31.5 Å². The standard InChI is InChI=1S/C9H14INS/c1-2-7(12)5-6-11-9-4-3-8(9)10/h5-6,8-9,11H,2-4H2,1H3/t8?,9-/m1/s1. The maximum Gasteiger partial charge on any atom is 0.0373 e. The lowest BCUT2D eigenvalue weighted by atomic mass is 9.93. The minimum Gasteiger partial charge on any atom is -0.387 e. The normalized spacial score (nSPS) is 28.5. The maximum absolute atomic E-state index is 5.06. The molecule has 0 saturated heterocycles. The number of halogens is 1. The Morgan fingerprint density at radius 2 is 2.42 bits per heavy atom. The van der Waals surface area contributed by atoms with Crippen molar-refractivity contribution in [3.63, 3.8) is 0 Å². The second kappa shape index (κ2) is 5.17. The lowest BCUT2D eigenvalue weighted by molar-refractivity contribution is 0.402. The SMILES string of the molecule is CCC(=S)C=CN[C@@H]1CCC1I. The van der Waals surface area contributed by atoms with Gasteiger partial charge in [0.15, 0.2) is 0 Å². The molecular weight excluding hydrogens is 281 g/mol. The lowest BCUT2D eigenvalue weighted by Gasteiger charge is -2.32. The van der Waals surface area contributed by atoms with Crippen molar-refractivity contribution >= 4 is 39.7 Å². The van der Waals surface area contributed by atoms with Gasteiger partial charge in [0.1, 0.15) is 0 Å². The number of nitrogens with one attached hydrogen (secondary N) is 1. The van der Waals surface area contributed by atoms with E-state index in [0.717, 1.165) is 15.2 Å². The van der Waals surface area contributed by atoms with E-state index in [1.54, 1.807) is 0 Å². The van der Waals surface area contributed by atoms with Crippen molar-refractivity contribution in [2.45, 2.75) is 36.2 Å². The summed E-state index contributed by atoms with van der Waals surface area (Å²) in [6, 6.07) is 0.682. The molecule has 1 aliphatic carbocycles. The summed E-state index contributed by atoms with van der Waals surface area (Å²) in [5.41, 5.74) is 0. The van der Waals surface area contributed by atoms with Crippen LogP contribution in [0.3, 0.4) is 0 Å². The number of allylic oxidation sites excluding steroid dienone is 1. The largest absolute Gasteiger partial charge is 0.387 e. The van der Waals surface area contributed by atoms with E-state index in [9.17, 15) is 0 Å². The molecule has 1 nitrogen and oxygen atoms in total. The lowest BCUT2D eigenvalue weighted by Crippen LogP contribution is -2.41. The van der Waals surface area contributed by atoms with Crippen LogP contribution in [0.5, 0.6) is 0 Å². The van der Waals surface area contributed by atoms with Crippen LogP contribution in [-0.2, 0) is 0 Å². The van der Waals surface area contributed by atoms with Crippen LogP contribution >= 0.6 is 34.8 Å². The van der Waals surface area contributed by atoms with Crippen LogP contribution in [0.2, 0.25) is 0 Å². The van der Waals surface area contributed by atoms with Gasteiger partial charge in [-0.1, -0.05) is 41.7 Å². The first-order valence-electron chi connectivity index (χ1n) is 4.33. The molecule has 0 aromatic heterocycles. The molecule has 2 atom stereocenters. The molecule has 0 aromatic rings. The van der Waals surface area contributed by atoms with Gasteiger partial charge < -0.3 is 5.32 Å². The second-order valence-electron chi connectivity index (χ2n) is 3.02. The first-order valence-corrected chi connectivity index (χ1v) is 5.99. The highest BCUT2D eigenvalue weighted by Crippen LogP contribution is 2.27. The number of hydrogen-bond donors (Lipinski definition) is 1. The third-order valence-corrected chi connectivity index (χ3v) is 4.03. The molecule has 1 rings (SSSR count). The Balaban J connectivity index is 2.16. The number of alkyl halides is 1.